The molecule has 0 saturated heterocycles. The van der Waals surface area contributed by atoms with Crippen molar-refractivity contribution in [1.29, 1.82) is 0 Å². The van der Waals surface area contributed by atoms with E-state index in [4.69, 9.17) is 0 Å². The molecule has 1 N–H and O–H groups in total. The van der Waals surface area contributed by atoms with Crippen LogP contribution in [0.1, 0.15) is 45.4 Å². The van der Waals surface area contributed by atoms with Crippen LogP contribution in [0.4, 0.5) is 0 Å². The van der Waals surface area contributed by atoms with Gasteiger partial charge in [-0.3, -0.25) is 0 Å². The highest BCUT2D eigenvalue weighted by atomic mass is 16.3. The molecule has 1 heteroatoms. The second-order valence-electron chi connectivity index (χ2n) is 4.35. The standard InChI is InChI=1S/C11H18O/c1-8-5-6-10-7-9(8)3-2-4-11(10)12/h10-12H,2-7H2,1H3. The van der Waals surface area contributed by atoms with Gasteiger partial charge in [0.1, 0.15) is 0 Å². The summed E-state index contributed by atoms with van der Waals surface area (Å²) >= 11 is 0. The average Bonchev–Trinajstić information content (AvgIpc) is 2.21. The quantitative estimate of drug-likeness (QED) is 0.548. The van der Waals surface area contributed by atoms with Crippen LogP contribution in [0.25, 0.3) is 0 Å². The zero-order valence-electron chi connectivity index (χ0n) is 7.84. The molecule has 12 heavy (non-hydrogen) atoms. The maximum absolute atomic E-state index is 9.76. The monoisotopic (exact) mass is 166 g/mol. The van der Waals surface area contributed by atoms with Gasteiger partial charge in [-0.2, -0.15) is 0 Å². The number of hydrogen-bond donors (Lipinski definition) is 1. The summed E-state index contributed by atoms with van der Waals surface area (Å²) in [7, 11) is 0. The topological polar surface area (TPSA) is 20.2 Å². The van der Waals surface area contributed by atoms with Crippen molar-refractivity contribution >= 4 is 0 Å². The Kier molecular flexibility index (Phi) is 2.22. The van der Waals surface area contributed by atoms with Gasteiger partial charge in [0.05, 0.1) is 6.10 Å². The molecule has 1 nitrogen and oxygen atoms in total. The van der Waals surface area contributed by atoms with E-state index in [1.807, 2.05) is 0 Å². The summed E-state index contributed by atoms with van der Waals surface area (Å²) < 4.78 is 0. The normalized spacial score (nSPS) is 36.5. The van der Waals surface area contributed by atoms with E-state index in [1.165, 1.54) is 32.1 Å². The van der Waals surface area contributed by atoms with Crippen LogP contribution in [0, 0.1) is 5.92 Å². The van der Waals surface area contributed by atoms with E-state index >= 15 is 0 Å². The van der Waals surface area contributed by atoms with Crippen LogP contribution in [0.2, 0.25) is 0 Å². The number of allylic oxidation sites excluding steroid dienone is 2. The van der Waals surface area contributed by atoms with E-state index < -0.39 is 0 Å². The lowest BCUT2D eigenvalue weighted by Crippen LogP contribution is -2.21. The molecule has 2 atom stereocenters. The number of aliphatic hydroxyl groups excluding tert-OH is 1. The molecule has 0 aromatic carbocycles. The van der Waals surface area contributed by atoms with Crippen molar-refractivity contribution in [2.45, 2.75) is 51.6 Å². The number of fused-ring (bicyclic) bond motifs is 2. The summed E-state index contributed by atoms with van der Waals surface area (Å²) in [4.78, 5) is 0. The Labute approximate surface area is 74.5 Å². The molecule has 0 spiro atoms. The molecule has 2 aliphatic rings. The first-order valence-electron chi connectivity index (χ1n) is 5.13. The molecule has 2 unspecified atom stereocenters. The van der Waals surface area contributed by atoms with Crippen LogP contribution in [-0.4, -0.2) is 11.2 Å². The molecule has 1 saturated carbocycles. The second kappa shape index (κ2) is 3.21. The third-order valence-electron chi connectivity index (χ3n) is 3.52. The van der Waals surface area contributed by atoms with Crippen LogP contribution in [-0.2, 0) is 0 Å². The van der Waals surface area contributed by atoms with E-state index in [0.717, 1.165) is 6.42 Å². The third kappa shape index (κ3) is 1.42. The summed E-state index contributed by atoms with van der Waals surface area (Å²) in [5, 5.41) is 9.76. The van der Waals surface area contributed by atoms with Crippen molar-refractivity contribution in [2.75, 3.05) is 0 Å². The summed E-state index contributed by atoms with van der Waals surface area (Å²) in [6.07, 6.45) is 7.11. The molecular formula is C11H18O. The first-order valence-corrected chi connectivity index (χ1v) is 5.13. The third-order valence-corrected chi connectivity index (χ3v) is 3.52. The first-order chi connectivity index (χ1) is 5.77. The fourth-order valence-corrected chi connectivity index (χ4v) is 2.58. The minimum atomic E-state index is -0.00407. The summed E-state index contributed by atoms with van der Waals surface area (Å²) in [5.41, 5.74) is 3.27. The van der Waals surface area contributed by atoms with Crippen LogP contribution in [0.15, 0.2) is 11.1 Å². The van der Waals surface area contributed by atoms with E-state index in [9.17, 15) is 5.11 Å². The minimum absolute atomic E-state index is 0.00407. The lowest BCUT2D eigenvalue weighted by Gasteiger charge is -2.26. The van der Waals surface area contributed by atoms with Gasteiger partial charge in [0.2, 0.25) is 0 Å². The van der Waals surface area contributed by atoms with Crippen molar-refractivity contribution in [3.8, 4) is 0 Å². The van der Waals surface area contributed by atoms with Gasteiger partial charge in [0, 0.05) is 0 Å². The predicted molar refractivity (Wildman–Crippen MR) is 49.9 cm³/mol. The Morgan fingerprint density at radius 2 is 2.08 bits per heavy atom. The molecule has 2 aliphatic carbocycles. The molecule has 0 heterocycles. The summed E-state index contributed by atoms with van der Waals surface area (Å²) in [5.74, 6) is 0.589. The molecular weight excluding hydrogens is 148 g/mol. The molecule has 2 rings (SSSR count). The van der Waals surface area contributed by atoms with Crippen molar-refractivity contribution in [1.82, 2.24) is 0 Å². The summed E-state index contributed by atoms with van der Waals surface area (Å²) in [6.45, 7) is 2.27. The Bertz CT molecular complexity index is 205. The molecule has 0 amide bonds. The van der Waals surface area contributed by atoms with Gasteiger partial charge in [0.15, 0.2) is 0 Å². The van der Waals surface area contributed by atoms with Gasteiger partial charge in [-0.15, -0.1) is 0 Å². The first kappa shape index (κ1) is 8.31. The zero-order valence-corrected chi connectivity index (χ0v) is 7.84. The van der Waals surface area contributed by atoms with Crippen LogP contribution in [0.5, 0.6) is 0 Å². The molecule has 0 aliphatic heterocycles. The molecule has 0 aromatic heterocycles. The van der Waals surface area contributed by atoms with Crippen LogP contribution < -0.4 is 0 Å². The Morgan fingerprint density at radius 3 is 2.92 bits per heavy atom. The van der Waals surface area contributed by atoms with Crippen molar-refractivity contribution in [2.24, 2.45) is 5.92 Å². The number of rotatable bonds is 0. The number of hydrogen-bond acceptors (Lipinski definition) is 1. The van der Waals surface area contributed by atoms with Crippen LogP contribution >= 0.6 is 0 Å². The van der Waals surface area contributed by atoms with Crippen molar-refractivity contribution in [3.63, 3.8) is 0 Å². The predicted octanol–water partition coefficient (Wildman–Crippen LogP) is 2.65. The average molecular weight is 166 g/mol. The molecule has 68 valence electrons. The number of aliphatic hydroxyl groups is 1. The second-order valence-corrected chi connectivity index (χ2v) is 4.35. The van der Waals surface area contributed by atoms with E-state index in [2.05, 4.69) is 6.92 Å². The van der Waals surface area contributed by atoms with Gasteiger partial charge in [-0.05, 0) is 51.4 Å². The summed E-state index contributed by atoms with van der Waals surface area (Å²) in [6, 6.07) is 0. The highest BCUT2D eigenvalue weighted by Gasteiger charge is 2.27. The largest absolute Gasteiger partial charge is 0.393 e. The fourth-order valence-electron chi connectivity index (χ4n) is 2.58. The van der Waals surface area contributed by atoms with Crippen molar-refractivity contribution in [3.05, 3.63) is 11.1 Å². The van der Waals surface area contributed by atoms with E-state index in [1.54, 1.807) is 11.1 Å². The molecule has 0 aromatic rings. The Hall–Kier alpha value is -0.300. The van der Waals surface area contributed by atoms with Gasteiger partial charge < -0.3 is 5.11 Å². The highest BCUT2D eigenvalue weighted by molar-refractivity contribution is 5.17. The lowest BCUT2D eigenvalue weighted by molar-refractivity contribution is 0.0964. The zero-order chi connectivity index (χ0) is 8.55. The highest BCUT2D eigenvalue weighted by Crippen LogP contribution is 2.37. The van der Waals surface area contributed by atoms with Crippen molar-refractivity contribution < 1.29 is 5.11 Å². The molecule has 0 radical (unpaired) electrons. The Morgan fingerprint density at radius 1 is 1.25 bits per heavy atom. The SMILES string of the molecule is CC1=C2CCCC(O)C(CC1)C2. The Balaban J connectivity index is 2.19. The van der Waals surface area contributed by atoms with Gasteiger partial charge in [-0.1, -0.05) is 11.1 Å². The maximum Gasteiger partial charge on any atom is 0.0571 e. The van der Waals surface area contributed by atoms with Gasteiger partial charge in [-0.25, -0.2) is 0 Å². The van der Waals surface area contributed by atoms with E-state index in [-0.39, 0.29) is 6.10 Å². The molecule has 1 fully saturated rings. The van der Waals surface area contributed by atoms with Gasteiger partial charge in [0.25, 0.3) is 0 Å². The lowest BCUT2D eigenvalue weighted by atomic mass is 9.82. The fraction of sp³-hybridized carbons (Fsp3) is 0.818. The minimum Gasteiger partial charge on any atom is -0.393 e. The van der Waals surface area contributed by atoms with Crippen LogP contribution in [0.3, 0.4) is 0 Å². The van der Waals surface area contributed by atoms with Gasteiger partial charge >= 0.3 is 0 Å². The maximum atomic E-state index is 9.76. The van der Waals surface area contributed by atoms with E-state index in [0.29, 0.717) is 5.92 Å². The molecule has 2 bridgehead atoms. The smallest absolute Gasteiger partial charge is 0.0571 e.